The van der Waals surface area contributed by atoms with Gasteiger partial charge in [0.05, 0.1) is 12.2 Å². The number of carboxylic acid groups (broad SMARTS) is 1. The molecule has 0 fully saturated rings. The molecule has 1 aromatic rings. The summed E-state index contributed by atoms with van der Waals surface area (Å²) in [5, 5.41) is 19.0. The number of hydrogen-bond acceptors (Lipinski definition) is 4. The van der Waals surface area contributed by atoms with Crippen molar-refractivity contribution in [2.24, 2.45) is 0 Å². The SMILES string of the molecule is N#Cc1ccccc1OCCCCCC(=O)[O-].[Na+]. The molecule has 0 aliphatic carbocycles. The van der Waals surface area contributed by atoms with Crippen molar-refractivity contribution in [3.63, 3.8) is 0 Å². The number of unbranched alkanes of at least 4 members (excludes halogenated alkanes) is 2. The summed E-state index contributed by atoms with van der Waals surface area (Å²) in [7, 11) is 0. The van der Waals surface area contributed by atoms with Gasteiger partial charge in [0.1, 0.15) is 11.8 Å². The van der Waals surface area contributed by atoms with E-state index >= 15 is 0 Å². The molecular weight excluding hydrogens is 241 g/mol. The molecule has 1 rings (SSSR count). The fourth-order valence-electron chi connectivity index (χ4n) is 1.42. The molecule has 90 valence electrons. The zero-order valence-corrected chi connectivity index (χ0v) is 12.5. The van der Waals surface area contributed by atoms with Gasteiger partial charge in [-0.05, 0) is 37.8 Å². The van der Waals surface area contributed by atoms with Crippen LogP contribution < -0.4 is 39.4 Å². The fraction of sp³-hybridized carbons (Fsp3) is 0.385. The van der Waals surface area contributed by atoms with E-state index in [2.05, 4.69) is 6.07 Å². The molecule has 0 radical (unpaired) electrons. The van der Waals surface area contributed by atoms with Crippen LogP contribution in [0.4, 0.5) is 0 Å². The van der Waals surface area contributed by atoms with Crippen LogP contribution in [0.3, 0.4) is 0 Å². The van der Waals surface area contributed by atoms with Gasteiger partial charge < -0.3 is 14.6 Å². The van der Waals surface area contributed by atoms with Gasteiger partial charge in [0.2, 0.25) is 0 Å². The van der Waals surface area contributed by atoms with Crippen molar-refractivity contribution in [1.29, 1.82) is 5.26 Å². The van der Waals surface area contributed by atoms with Gasteiger partial charge in [-0.15, -0.1) is 0 Å². The van der Waals surface area contributed by atoms with Crippen LogP contribution in [0.1, 0.15) is 31.2 Å². The van der Waals surface area contributed by atoms with E-state index in [1.807, 2.05) is 6.07 Å². The van der Waals surface area contributed by atoms with Crippen LogP contribution >= 0.6 is 0 Å². The van der Waals surface area contributed by atoms with Crippen LogP contribution in [0.2, 0.25) is 0 Å². The minimum absolute atomic E-state index is 0. The van der Waals surface area contributed by atoms with Crippen LogP contribution in [-0.4, -0.2) is 12.6 Å². The molecular formula is C13H14NNaO3. The number of carbonyl (C=O) groups is 1. The Bertz CT molecular complexity index is 415. The Morgan fingerprint density at radius 2 is 2.00 bits per heavy atom. The summed E-state index contributed by atoms with van der Waals surface area (Å²) in [5.74, 6) is -0.435. The summed E-state index contributed by atoms with van der Waals surface area (Å²) in [6.45, 7) is 0.492. The summed E-state index contributed by atoms with van der Waals surface area (Å²) < 4.78 is 5.45. The first-order valence-corrected chi connectivity index (χ1v) is 5.56. The molecule has 0 aliphatic heterocycles. The number of aliphatic carboxylic acids is 1. The van der Waals surface area contributed by atoms with Crippen molar-refractivity contribution in [3.8, 4) is 11.8 Å². The first-order valence-electron chi connectivity index (χ1n) is 5.56. The Morgan fingerprint density at radius 1 is 1.28 bits per heavy atom. The molecule has 5 heteroatoms. The Balaban J connectivity index is 0.00000289. The molecule has 0 amide bonds. The second-order valence-corrected chi connectivity index (χ2v) is 3.64. The maximum absolute atomic E-state index is 10.2. The Labute approximate surface area is 129 Å². The average Bonchev–Trinajstić information content (AvgIpc) is 2.33. The van der Waals surface area contributed by atoms with E-state index < -0.39 is 5.97 Å². The molecule has 0 saturated heterocycles. The van der Waals surface area contributed by atoms with Crippen LogP contribution in [0.25, 0.3) is 0 Å². The average molecular weight is 255 g/mol. The molecule has 18 heavy (non-hydrogen) atoms. The number of rotatable bonds is 7. The van der Waals surface area contributed by atoms with Crippen molar-refractivity contribution in [1.82, 2.24) is 0 Å². The minimum Gasteiger partial charge on any atom is -0.550 e. The molecule has 0 aromatic heterocycles. The first kappa shape index (κ1) is 17.0. The van der Waals surface area contributed by atoms with E-state index in [9.17, 15) is 9.90 Å². The van der Waals surface area contributed by atoms with Gasteiger partial charge in [-0.25, -0.2) is 0 Å². The molecule has 4 nitrogen and oxygen atoms in total. The maximum Gasteiger partial charge on any atom is 1.00 e. The van der Waals surface area contributed by atoms with Crippen LogP contribution in [0.15, 0.2) is 24.3 Å². The summed E-state index contributed by atoms with van der Waals surface area (Å²) in [6.07, 6.45) is 2.25. The zero-order valence-electron chi connectivity index (χ0n) is 10.5. The van der Waals surface area contributed by atoms with Crippen molar-refractivity contribution in [2.45, 2.75) is 25.7 Å². The van der Waals surface area contributed by atoms with Crippen molar-refractivity contribution < 1.29 is 44.2 Å². The van der Waals surface area contributed by atoms with Gasteiger partial charge in [-0.1, -0.05) is 12.1 Å². The molecule has 0 heterocycles. The third-order valence-electron chi connectivity index (χ3n) is 2.29. The summed E-state index contributed by atoms with van der Waals surface area (Å²) >= 11 is 0. The van der Waals surface area contributed by atoms with E-state index in [0.29, 0.717) is 24.3 Å². The molecule has 0 unspecified atom stereocenters. The number of benzene rings is 1. The smallest absolute Gasteiger partial charge is 0.550 e. The van der Waals surface area contributed by atoms with E-state index in [1.54, 1.807) is 18.2 Å². The largest absolute Gasteiger partial charge is 1.00 e. The summed E-state index contributed by atoms with van der Waals surface area (Å²) in [4.78, 5) is 10.2. The predicted octanol–water partition coefficient (Wildman–Crippen LogP) is -1.75. The predicted molar refractivity (Wildman–Crippen MR) is 60.1 cm³/mol. The fourth-order valence-corrected chi connectivity index (χ4v) is 1.42. The zero-order chi connectivity index (χ0) is 12.5. The first-order chi connectivity index (χ1) is 8.24. The summed E-state index contributed by atoms with van der Waals surface area (Å²) in [6, 6.07) is 9.10. The molecule has 0 N–H and O–H groups in total. The maximum atomic E-state index is 10.2. The van der Waals surface area contributed by atoms with Gasteiger partial charge in [-0.3, -0.25) is 0 Å². The standard InChI is InChI=1S/C13H15NO3.Na/c14-10-11-6-3-4-7-12(11)17-9-5-1-2-8-13(15)16;/h3-4,6-7H,1-2,5,8-9H2,(H,15,16);/q;+1/p-1. The van der Waals surface area contributed by atoms with Crippen LogP contribution in [0.5, 0.6) is 5.75 Å². The number of carboxylic acids is 1. The Morgan fingerprint density at radius 3 is 2.67 bits per heavy atom. The van der Waals surface area contributed by atoms with Crippen LogP contribution in [-0.2, 0) is 4.79 Å². The van der Waals surface area contributed by atoms with E-state index in [4.69, 9.17) is 10.00 Å². The monoisotopic (exact) mass is 255 g/mol. The van der Waals surface area contributed by atoms with Crippen molar-refractivity contribution in [3.05, 3.63) is 29.8 Å². The number of nitrogens with zero attached hydrogens (tertiary/aromatic N) is 1. The number of hydrogen-bond donors (Lipinski definition) is 0. The topological polar surface area (TPSA) is 73.1 Å². The quantitative estimate of drug-likeness (QED) is 0.428. The van der Waals surface area contributed by atoms with E-state index in [-0.39, 0.29) is 36.0 Å². The third-order valence-corrected chi connectivity index (χ3v) is 2.29. The number of carbonyl (C=O) groups excluding carboxylic acids is 1. The minimum atomic E-state index is -1.01. The van der Waals surface area contributed by atoms with E-state index in [1.165, 1.54) is 0 Å². The molecule has 0 saturated carbocycles. The Hall–Kier alpha value is -1.02. The van der Waals surface area contributed by atoms with Crippen molar-refractivity contribution >= 4 is 5.97 Å². The van der Waals surface area contributed by atoms with Crippen LogP contribution in [0, 0.1) is 11.3 Å². The normalized spacial score (nSPS) is 9.06. The molecule has 1 aromatic carbocycles. The van der Waals surface area contributed by atoms with Gasteiger partial charge in [0.25, 0.3) is 0 Å². The summed E-state index contributed by atoms with van der Waals surface area (Å²) in [5.41, 5.74) is 0.516. The van der Waals surface area contributed by atoms with Gasteiger partial charge >= 0.3 is 29.6 Å². The Kier molecular flexibility index (Phi) is 9.39. The third kappa shape index (κ3) is 6.65. The van der Waals surface area contributed by atoms with E-state index in [0.717, 1.165) is 12.8 Å². The van der Waals surface area contributed by atoms with Gasteiger partial charge in [0.15, 0.2) is 0 Å². The number of ether oxygens (including phenoxy) is 1. The van der Waals surface area contributed by atoms with Gasteiger partial charge in [0, 0.05) is 5.97 Å². The molecule has 0 spiro atoms. The number of nitriles is 1. The second-order valence-electron chi connectivity index (χ2n) is 3.64. The van der Waals surface area contributed by atoms with Gasteiger partial charge in [-0.2, -0.15) is 5.26 Å². The molecule has 0 bridgehead atoms. The molecule has 0 atom stereocenters. The van der Waals surface area contributed by atoms with Crippen molar-refractivity contribution in [2.75, 3.05) is 6.61 Å². The second kappa shape index (κ2) is 9.95. The molecule has 0 aliphatic rings. The number of para-hydroxylation sites is 1.